The minimum atomic E-state index is -0.525. The van der Waals surface area contributed by atoms with Crippen LogP contribution in [0.4, 0.5) is 4.79 Å². The van der Waals surface area contributed by atoms with Crippen LogP contribution in [0.3, 0.4) is 0 Å². The maximum absolute atomic E-state index is 12.0. The number of halogens is 1. The third-order valence-corrected chi connectivity index (χ3v) is 4.94. The van der Waals surface area contributed by atoms with E-state index in [0.717, 1.165) is 51.9 Å². The van der Waals surface area contributed by atoms with E-state index in [1.807, 2.05) is 34.6 Å². The first kappa shape index (κ1) is 29.7. The number of primary amides is 1. The molecule has 0 aromatic heterocycles. The summed E-state index contributed by atoms with van der Waals surface area (Å²) in [7, 11) is 1.73. The Bertz CT molecular complexity index is 584. The summed E-state index contributed by atoms with van der Waals surface area (Å²) in [6.07, 6.45) is 3.42. The topological polar surface area (TPSA) is 121 Å². The lowest BCUT2D eigenvalue weighted by molar-refractivity contribution is -0.123. The number of carbonyl (C=O) groups is 2. The lowest BCUT2D eigenvalue weighted by Gasteiger charge is -2.30. The molecule has 1 saturated heterocycles. The molecule has 9 nitrogen and oxygen atoms in total. The number of rotatable bonds is 9. The molecule has 0 radical (unpaired) electrons. The van der Waals surface area contributed by atoms with Crippen LogP contribution in [-0.4, -0.2) is 73.8 Å². The molecule has 1 rings (SSSR count). The fraction of sp³-hybridized carbons (Fsp3) is 0.857. The van der Waals surface area contributed by atoms with E-state index in [1.54, 1.807) is 7.05 Å². The van der Waals surface area contributed by atoms with Gasteiger partial charge in [-0.3, -0.25) is 9.79 Å². The number of amides is 2. The smallest absolute Gasteiger partial charge is 0.408 e. The summed E-state index contributed by atoms with van der Waals surface area (Å²) in [6, 6.07) is 0. The number of piperidine rings is 1. The Morgan fingerprint density at radius 3 is 2.23 bits per heavy atom. The molecule has 1 heterocycles. The van der Waals surface area contributed by atoms with E-state index in [4.69, 9.17) is 10.5 Å². The van der Waals surface area contributed by atoms with E-state index in [-0.39, 0.29) is 35.8 Å². The monoisotopic (exact) mass is 554 g/mol. The van der Waals surface area contributed by atoms with Gasteiger partial charge in [0.1, 0.15) is 5.60 Å². The molecule has 0 bridgehead atoms. The largest absolute Gasteiger partial charge is 0.444 e. The summed E-state index contributed by atoms with van der Waals surface area (Å²) >= 11 is 0. The van der Waals surface area contributed by atoms with Crippen molar-refractivity contribution in [2.24, 2.45) is 16.6 Å². The van der Waals surface area contributed by atoms with E-state index in [2.05, 4.69) is 25.8 Å². The number of nitrogens with two attached hydrogens (primary N) is 1. The maximum Gasteiger partial charge on any atom is 0.408 e. The van der Waals surface area contributed by atoms with Crippen LogP contribution in [0.1, 0.15) is 60.3 Å². The lowest BCUT2D eigenvalue weighted by atomic mass is 9.96. The number of nitrogens with one attached hydrogen (secondary N) is 3. The second kappa shape index (κ2) is 14.0. The number of nitrogens with zero attached hydrogens (tertiary/aromatic N) is 2. The number of aliphatic imine (C=N–C) groups is 1. The van der Waals surface area contributed by atoms with Crippen LogP contribution in [0.5, 0.6) is 0 Å². The van der Waals surface area contributed by atoms with Crippen molar-refractivity contribution in [3.05, 3.63) is 0 Å². The fourth-order valence-electron chi connectivity index (χ4n) is 3.26. The summed E-state index contributed by atoms with van der Waals surface area (Å²) in [4.78, 5) is 29.8. The molecule has 0 unspecified atom stereocenters. The number of guanidine groups is 1. The van der Waals surface area contributed by atoms with Crippen molar-refractivity contribution >= 4 is 41.9 Å². The molecule has 31 heavy (non-hydrogen) atoms. The van der Waals surface area contributed by atoms with Crippen molar-refractivity contribution < 1.29 is 14.3 Å². The second-order valence-electron chi connectivity index (χ2n) is 9.59. The van der Waals surface area contributed by atoms with Crippen molar-refractivity contribution in [1.82, 2.24) is 20.9 Å². The van der Waals surface area contributed by atoms with Crippen molar-refractivity contribution in [3.63, 3.8) is 0 Å². The molecular weight excluding hydrogens is 511 g/mol. The third kappa shape index (κ3) is 13.7. The highest BCUT2D eigenvalue weighted by atomic mass is 127. The fourth-order valence-corrected chi connectivity index (χ4v) is 3.26. The molecule has 5 N–H and O–H groups in total. The molecule has 182 valence electrons. The molecule has 0 aliphatic carbocycles. The Balaban J connectivity index is 0.00000900. The molecular formula is C21H43IN6O3. The Morgan fingerprint density at radius 1 is 1.10 bits per heavy atom. The highest BCUT2D eigenvalue weighted by Crippen LogP contribution is 2.16. The molecule has 1 aliphatic rings. The second-order valence-corrected chi connectivity index (χ2v) is 9.59. The van der Waals surface area contributed by atoms with Crippen LogP contribution in [0, 0.1) is 5.92 Å². The number of hydrogen-bond acceptors (Lipinski definition) is 5. The van der Waals surface area contributed by atoms with Gasteiger partial charge in [0.05, 0.1) is 5.54 Å². The van der Waals surface area contributed by atoms with Gasteiger partial charge in [0, 0.05) is 26.1 Å². The highest BCUT2D eigenvalue weighted by molar-refractivity contribution is 14.0. The number of unbranched alkanes of at least 4 members (excludes halogenated alkanes) is 1. The molecule has 0 atom stereocenters. The van der Waals surface area contributed by atoms with Crippen LogP contribution in [0.25, 0.3) is 0 Å². The number of carbonyl (C=O) groups excluding carboxylic acids is 2. The Morgan fingerprint density at radius 2 is 1.71 bits per heavy atom. The van der Waals surface area contributed by atoms with Gasteiger partial charge in [-0.2, -0.15) is 0 Å². The van der Waals surface area contributed by atoms with Gasteiger partial charge in [0.15, 0.2) is 5.96 Å². The van der Waals surface area contributed by atoms with Crippen molar-refractivity contribution in [2.75, 3.05) is 39.8 Å². The van der Waals surface area contributed by atoms with Crippen LogP contribution >= 0.6 is 24.0 Å². The van der Waals surface area contributed by atoms with E-state index in [1.165, 1.54) is 0 Å². The molecule has 0 spiro atoms. The summed E-state index contributed by atoms with van der Waals surface area (Å²) in [6.45, 7) is 13.6. The lowest BCUT2D eigenvalue weighted by Crippen LogP contribution is -2.54. The Kier molecular flexibility index (Phi) is 13.4. The van der Waals surface area contributed by atoms with Crippen LogP contribution in [0.2, 0.25) is 0 Å². The molecule has 1 fully saturated rings. The van der Waals surface area contributed by atoms with Gasteiger partial charge >= 0.3 is 6.09 Å². The van der Waals surface area contributed by atoms with Crippen LogP contribution in [0.15, 0.2) is 4.99 Å². The van der Waals surface area contributed by atoms with E-state index >= 15 is 0 Å². The van der Waals surface area contributed by atoms with Gasteiger partial charge in [-0.15, -0.1) is 24.0 Å². The van der Waals surface area contributed by atoms with E-state index in [0.29, 0.717) is 12.5 Å². The Labute approximate surface area is 204 Å². The third-order valence-electron chi connectivity index (χ3n) is 4.94. The SMILES string of the molecule is CN=C(NCCCCN1CCC(C(N)=O)CC1)NCC(C)(C)NC(=O)OC(C)(C)C.I. The van der Waals surface area contributed by atoms with Crippen LogP contribution < -0.4 is 21.7 Å². The first-order valence-electron chi connectivity index (χ1n) is 10.9. The van der Waals surface area contributed by atoms with Gasteiger partial charge < -0.3 is 31.3 Å². The highest BCUT2D eigenvalue weighted by Gasteiger charge is 2.25. The van der Waals surface area contributed by atoms with Crippen molar-refractivity contribution in [3.8, 4) is 0 Å². The van der Waals surface area contributed by atoms with Crippen molar-refractivity contribution in [2.45, 2.75) is 71.4 Å². The first-order valence-corrected chi connectivity index (χ1v) is 10.9. The van der Waals surface area contributed by atoms with E-state index < -0.39 is 17.2 Å². The molecule has 10 heteroatoms. The molecule has 1 aliphatic heterocycles. The quantitative estimate of drug-likeness (QED) is 0.150. The number of hydrogen-bond donors (Lipinski definition) is 4. The summed E-state index contributed by atoms with van der Waals surface area (Å²) in [5.41, 5.74) is 4.37. The predicted octanol–water partition coefficient (Wildman–Crippen LogP) is 2.05. The van der Waals surface area contributed by atoms with Gasteiger partial charge in [-0.1, -0.05) is 0 Å². The summed E-state index contributed by atoms with van der Waals surface area (Å²) in [5, 5.41) is 9.43. The Hall–Kier alpha value is -1.30. The average molecular weight is 555 g/mol. The average Bonchev–Trinajstić information content (AvgIpc) is 2.62. The standard InChI is InChI=1S/C21H42N6O3.HI/c1-20(2,3)30-19(29)26-21(4,5)15-25-18(23-6)24-11-7-8-12-27-13-9-16(10-14-27)17(22)28;/h16H,7-15H2,1-6H3,(H2,22,28)(H,26,29)(H2,23,24,25);1H. The molecule has 0 saturated carbocycles. The first-order chi connectivity index (χ1) is 13.9. The molecule has 0 aromatic rings. The number of likely N-dealkylation sites (tertiary alicyclic amines) is 1. The zero-order valence-electron chi connectivity index (χ0n) is 20.0. The number of ether oxygens (including phenoxy) is 1. The summed E-state index contributed by atoms with van der Waals surface area (Å²) in [5.74, 6) is 0.588. The molecule has 0 aromatic carbocycles. The minimum Gasteiger partial charge on any atom is -0.444 e. The zero-order chi connectivity index (χ0) is 22.8. The predicted molar refractivity (Wildman–Crippen MR) is 136 cm³/mol. The van der Waals surface area contributed by atoms with Crippen molar-refractivity contribution in [1.29, 1.82) is 0 Å². The minimum absolute atomic E-state index is 0. The van der Waals surface area contributed by atoms with E-state index in [9.17, 15) is 9.59 Å². The van der Waals surface area contributed by atoms with Crippen LogP contribution in [-0.2, 0) is 9.53 Å². The normalized spacial score (nSPS) is 16.3. The number of alkyl carbamates (subject to hydrolysis) is 1. The summed E-state index contributed by atoms with van der Waals surface area (Å²) < 4.78 is 5.32. The van der Waals surface area contributed by atoms with Gasteiger partial charge in [-0.25, -0.2) is 4.79 Å². The van der Waals surface area contributed by atoms with Gasteiger partial charge in [0.25, 0.3) is 0 Å². The maximum atomic E-state index is 12.0. The zero-order valence-corrected chi connectivity index (χ0v) is 22.4. The van der Waals surface area contributed by atoms with Gasteiger partial charge in [0.2, 0.25) is 5.91 Å². The van der Waals surface area contributed by atoms with Gasteiger partial charge in [-0.05, 0) is 79.9 Å². The molecule has 2 amide bonds.